The van der Waals surface area contributed by atoms with Gasteiger partial charge in [0.1, 0.15) is 5.65 Å². The molecular weight excluding hydrogens is 298 g/mol. The van der Waals surface area contributed by atoms with E-state index in [1.54, 1.807) is 6.20 Å². The van der Waals surface area contributed by atoms with Crippen LogP contribution in [0.2, 0.25) is 0 Å². The quantitative estimate of drug-likeness (QED) is 0.787. The van der Waals surface area contributed by atoms with Crippen molar-refractivity contribution in [3.63, 3.8) is 0 Å². The largest absolute Gasteiger partial charge is 0.346 e. The third-order valence-electron chi connectivity index (χ3n) is 4.93. The van der Waals surface area contributed by atoms with Crippen molar-refractivity contribution in [3.05, 3.63) is 65.5 Å². The first kappa shape index (κ1) is 14.9. The Morgan fingerprint density at radius 2 is 2.08 bits per heavy atom. The van der Waals surface area contributed by atoms with E-state index in [2.05, 4.69) is 42.0 Å². The predicted molar refractivity (Wildman–Crippen MR) is 94.7 cm³/mol. The Kier molecular flexibility index (Phi) is 3.41. The summed E-state index contributed by atoms with van der Waals surface area (Å²) in [5.41, 5.74) is 4.43. The zero-order valence-corrected chi connectivity index (χ0v) is 14.0. The van der Waals surface area contributed by atoms with Crippen LogP contribution in [0, 0.1) is 0 Å². The molecule has 0 atom stereocenters. The molecule has 4 heteroatoms. The van der Waals surface area contributed by atoms with Gasteiger partial charge in [-0.1, -0.05) is 38.1 Å². The number of hydrogen-bond donors (Lipinski definition) is 1. The number of carbonyl (C=O) groups is 1. The summed E-state index contributed by atoms with van der Waals surface area (Å²) in [6.07, 6.45) is 4.07. The topological polar surface area (TPSA) is 49.0 Å². The highest BCUT2D eigenvalue weighted by molar-refractivity contribution is 5.87. The van der Waals surface area contributed by atoms with Gasteiger partial charge in [-0.3, -0.25) is 4.79 Å². The van der Waals surface area contributed by atoms with Gasteiger partial charge in [0, 0.05) is 36.3 Å². The van der Waals surface area contributed by atoms with Gasteiger partial charge in [0.25, 0.3) is 0 Å². The maximum atomic E-state index is 12.9. The highest BCUT2D eigenvalue weighted by Crippen LogP contribution is 2.33. The van der Waals surface area contributed by atoms with E-state index in [0.29, 0.717) is 13.0 Å². The lowest BCUT2D eigenvalue weighted by Crippen LogP contribution is -2.45. The second-order valence-corrected chi connectivity index (χ2v) is 7.18. The minimum Gasteiger partial charge on any atom is -0.346 e. The van der Waals surface area contributed by atoms with Gasteiger partial charge in [-0.15, -0.1) is 0 Å². The van der Waals surface area contributed by atoms with Crippen molar-refractivity contribution >= 4 is 16.9 Å². The number of aromatic amines is 1. The average molecular weight is 319 g/mol. The van der Waals surface area contributed by atoms with Crippen LogP contribution in [0.3, 0.4) is 0 Å². The summed E-state index contributed by atoms with van der Waals surface area (Å²) in [6, 6.07) is 12.4. The van der Waals surface area contributed by atoms with Crippen LogP contribution in [0.4, 0.5) is 0 Å². The lowest BCUT2D eigenvalue weighted by Gasteiger charge is -2.40. The van der Waals surface area contributed by atoms with Crippen LogP contribution in [-0.2, 0) is 23.2 Å². The Balaban J connectivity index is 1.60. The molecule has 1 N–H and O–H groups in total. The Hall–Kier alpha value is -2.62. The van der Waals surface area contributed by atoms with E-state index in [1.807, 2.05) is 29.3 Å². The number of nitrogens with zero attached hydrogens (tertiary/aromatic N) is 2. The monoisotopic (exact) mass is 319 g/mol. The highest BCUT2D eigenvalue weighted by Gasteiger charge is 2.33. The van der Waals surface area contributed by atoms with E-state index in [9.17, 15) is 4.79 Å². The first-order valence-corrected chi connectivity index (χ1v) is 8.32. The summed E-state index contributed by atoms with van der Waals surface area (Å²) < 4.78 is 0. The molecule has 0 unspecified atom stereocenters. The van der Waals surface area contributed by atoms with E-state index in [1.165, 1.54) is 11.1 Å². The predicted octanol–water partition coefficient (Wildman–Crippen LogP) is 3.43. The van der Waals surface area contributed by atoms with Crippen LogP contribution in [0.5, 0.6) is 0 Å². The first-order valence-electron chi connectivity index (χ1n) is 8.32. The maximum absolute atomic E-state index is 12.9. The molecule has 3 heterocycles. The number of nitrogens with one attached hydrogen (secondary N) is 1. The van der Waals surface area contributed by atoms with Gasteiger partial charge in [0.05, 0.1) is 6.42 Å². The molecule has 1 aromatic carbocycles. The van der Waals surface area contributed by atoms with E-state index >= 15 is 0 Å². The fourth-order valence-corrected chi connectivity index (χ4v) is 3.75. The van der Waals surface area contributed by atoms with Crippen molar-refractivity contribution in [1.29, 1.82) is 0 Å². The number of hydrogen-bond acceptors (Lipinski definition) is 2. The van der Waals surface area contributed by atoms with Gasteiger partial charge < -0.3 is 9.88 Å². The molecule has 3 aromatic rings. The molecule has 1 aliphatic rings. The number of benzene rings is 1. The maximum Gasteiger partial charge on any atom is 0.227 e. The molecule has 1 amide bonds. The molecule has 0 aliphatic carbocycles. The smallest absolute Gasteiger partial charge is 0.227 e. The number of H-pyrrole nitrogens is 1. The number of aromatic nitrogens is 2. The number of fused-ring (bicyclic) bond motifs is 2. The molecule has 1 aliphatic heterocycles. The SMILES string of the molecule is CC1(C)CN(C(=O)Cc2c[nH]c3ncccc23)Cc2ccccc21. The molecule has 0 radical (unpaired) electrons. The Labute approximate surface area is 141 Å². The molecular formula is C20H21N3O. The molecule has 122 valence electrons. The number of rotatable bonds is 2. The van der Waals surface area contributed by atoms with Crippen molar-refractivity contribution in [3.8, 4) is 0 Å². The third kappa shape index (κ3) is 2.48. The van der Waals surface area contributed by atoms with E-state index in [0.717, 1.165) is 23.1 Å². The molecule has 24 heavy (non-hydrogen) atoms. The summed E-state index contributed by atoms with van der Waals surface area (Å²) in [7, 11) is 0. The fourth-order valence-electron chi connectivity index (χ4n) is 3.75. The molecule has 0 saturated heterocycles. The second-order valence-electron chi connectivity index (χ2n) is 7.18. The van der Waals surface area contributed by atoms with Crippen molar-refractivity contribution in [2.45, 2.75) is 32.2 Å². The van der Waals surface area contributed by atoms with Crippen molar-refractivity contribution in [1.82, 2.24) is 14.9 Å². The van der Waals surface area contributed by atoms with Gasteiger partial charge in [-0.05, 0) is 28.8 Å². The second kappa shape index (κ2) is 5.48. The zero-order valence-electron chi connectivity index (χ0n) is 14.0. The standard InChI is InChI=1S/C20H21N3O/c1-20(2)13-23(12-14-6-3-4-8-17(14)20)18(24)10-15-11-22-19-16(15)7-5-9-21-19/h3-9,11H,10,12-13H2,1-2H3,(H,21,22). The van der Waals surface area contributed by atoms with Gasteiger partial charge in [-0.25, -0.2) is 4.98 Å². The van der Waals surface area contributed by atoms with Crippen LogP contribution >= 0.6 is 0 Å². The highest BCUT2D eigenvalue weighted by atomic mass is 16.2. The molecule has 2 aromatic heterocycles. The van der Waals surface area contributed by atoms with Crippen LogP contribution < -0.4 is 0 Å². The molecule has 0 spiro atoms. The summed E-state index contributed by atoms with van der Waals surface area (Å²) >= 11 is 0. The van der Waals surface area contributed by atoms with Gasteiger partial charge in [0.15, 0.2) is 0 Å². The van der Waals surface area contributed by atoms with Gasteiger partial charge in [0.2, 0.25) is 5.91 Å². The Morgan fingerprint density at radius 3 is 2.96 bits per heavy atom. The summed E-state index contributed by atoms with van der Waals surface area (Å²) in [5.74, 6) is 0.169. The van der Waals surface area contributed by atoms with E-state index < -0.39 is 0 Å². The van der Waals surface area contributed by atoms with Crippen molar-refractivity contribution < 1.29 is 4.79 Å². The Bertz CT molecular complexity index is 910. The lowest BCUT2D eigenvalue weighted by atomic mass is 9.78. The first-order chi connectivity index (χ1) is 11.5. The van der Waals surface area contributed by atoms with E-state index in [4.69, 9.17) is 0 Å². The summed E-state index contributed by atoms with van der Waals surface area (Å²) in [6.45, 7) is 5.87. The molecule has 4 nitrogen and oxygen atoms in total. The van der Waals surface area contributed by atoms with Crippen molar-refractivity contribution in [2.24, 2.45) is 0 Å². The number of amides is 1. The average Bonchev–Trinajstić information content (AvgIpc) is 2.97. The lowest BCUT2D eigenvalue weighted by molar-refractivity contribution is -0.132. The summed E-state index contributed by atoms with van der Waals surface area (Å²) in [4.78, 5) is 22.3. The van der Waals surface area contributed by atoms with Crippen LogP contribution in [-0.4, -0.2) is 27.3 Å². The van der Waals surface area contributed by atoms with Gasteiger partial charge >= 0.3 is 0 Å². The molecule has 4 rings (SSSR count). The van der Waals surface area contributed by atoms with Crippen LogP contribution in [0.1, 0.15) is 30.5 Å². The molecule has 0 fully saturated rings. The van der Waals surface area contributed by atoms with Crippen LogP contribution in [0.25, 0.3) is 11.0 Å². The number of pyridine rings is 1. The third-order valence-corrected chi connectivity index (χ3v) is 4.93. The summed E-state index contributed by atoms with van der Waals surface area (Å²) in [5, 5.41) is 1.03. The van der Waals surface area contributed by atoms with Crippen LogP contribution in [0.15, 0.2) is 48.8 Å². The molecule has 0 bridgehead atoms. The zero-order chi connectivity index (χ0) is 16.7. The Morgan fingerprint density at radius 1 is 1.25 bits per heavy atom. The van der Waals surface area contributed by atoms with E-state index in [-0.39, 0.29) is 11.3 Å². The van der Waals surface area contributed by atoms with Gasteiger partial charge in [-0.2, -0.15) is 0 Å². The fraction of sp³-hybridized carbons (Fsp3) is 0.300. The normalized spacial score (nSPS) is 16.2. The molecule has 0 saturated carbocycles. The van der Waals surface area contributed by atoms with Crippen molar-refractivity contribution in [2.75, 3.05) is 6.54 Å². The number of carbonyl (C=O) groups excluding carboxylic acids is 1. The minimum absolute atomic E-state index is 0.0216. The minimum atomic E-state index is -0.0216.